The second kappa shape index (κ2) is 5.49. The summed E-state index contributed by atoms with van der Waals surface area (Å²) in [5.74, 6) is -0.387. The predicted molar refractivity (Wildman–Crippen MR) is 84.5 cm³/mol. The molecule has 2 aromatic carbocycles. The van der Waals surface area contributed by atoms with Crippen LogP contribution in [0.5, 0.6) is 0 Å². The number of para-hydroxylation sites is 1. The van der Waals surface area contributed by atoms with E-state index in [-0.39, 0.29) is 17.3 Å². The Hall–Kier alpha value is -2.71. The summed E-state index contributed by atoms with van der Waals surface area (Å²) in [7, 11) is -3.82. The molecule has 0 atom stereocenters. The lowest BCUT2D eigenvalue weighted by Gasteiger charge is -2.17. The average Bonchev–Trinajstić information content (AvgIpc) is 2.82. The number of carbonyl (C=O) groups is 2. The van der Waals surface area contributed by atoms with Crippen LogP contribution in [0.4, 0.5) is 16.2 Å². The van der Waals surface area contributed by atoms with E-state index in [1.807, 2.05) is 6.07 Å². The molecule has 0 aromatic heterocycles. The summed E-state index contributed by atoms with van der Waals surface area (Å²) < 4.78 is 22.5. The number of nitrogens with zero attached hydrogens (tertiary/aromatic N) is 2. The number of carbonyl (C=O) groups excluding carboxylic acids is 2. The van der Waals surface area contributed by atoms with Crippen LogP contribution in [0.1, 0.15) is 0 Å². The van der Waals surface area contributed by atoms with Gasteiger partial charge in [-0.2, -0.15) is 0 Å². The molecular weight excluding hydrogens is 318 g/mol. The van der Waals surface area contributed by atoms with Crippen molar-refractivity contribution in [2.75, 3.05) is 16.3 Å². The maximum Gasteiger partial charge on any atom is 0.336 e. The first-order valence-electron chi connectivity index (χ1n) is 6.70. The minimum absolute atomic E-state index is 0.0697. The van der Waals surface area contributed by atoms with Gasteiger partial charge < -0.3 is 0 Å². The van der Waals surface area contributed by atoms with Gasteiger partial charge in [0.1, 0.15) is 6.54 Å². The summed E-state index contributed by atoms with van der Waals surface area (Å²) in [5.41, 5.74) is 0.917. The molecule has 2 aromatic rings. The average molecular weight is 331 g/mol. The molecule has 23 heavy (non-hydrogen) atoms. The first-order chi connectivity index (χ1) is 10.9. The molecule has 3 rings (SSSR count). The number of primary sulfonamides is 1. The Balaban J connectivity index is 1.92. The number of anilines is 2. The van der Waals surface area contributed by atoms with Crippen molar-refractivity contribution >= 4 is 33.3 Å². The summed E-state index contributed by atoms with van der Waals surface area (Å²) in [4.78, 5) is 26.9. The fourth-order valence-corrected chi connectivity index (χ4v) is 2.87. The van der Waals surface area contributed by atoms with Crippen LogP contribution in [0.3, 0.4) is 0 Å². The van der Waals surface area contributed by atoms with E-state index in [2.05, 4.69) is 0 Å². The van der Waals surface area contributed by atoms with Gasteiger partial charge in [0.05, 0.1) is 10.6 Å². The van der Waals surface area contributed by atoms with Crippen LogP contribution in [-0.2, 0) is 14.8 Å². The quantitative estimate of drug-likeness (QED) is 0.857. The highest BCUT2D eigenvalue weighted by atomic mass is 32.2. The number of imide groups is 1. The number of hydrogen-bond acceptors (Lipinski definition) is 4. The number of urea groups is 1. The monoisotopic (exact) mass is 331 g/mol. The molecule has 0 aliphatic carbocycles. The predicted octanol–water partition coefficient (Wildman–Crippen LogP) is 1.31. The smallest absolute Gasteiger partial charge is 0.284 e. The highest BCUT2D eigenvalue weighted by Crippen LogP contribution is 2.26. The van der Waals surface area contributed by atoms with Crippen LogP contribution in [0, 0.1) is 0 Å². The Morgan fingerprint density at radius 2 is 1.48 bits per heavy atom. The van der Waals surface area contributed by atoms with Crippen molar-refractivity contribution in [1.29, 1.82) is 0 Å². The van der Waals surface area contributed by atoms with Crippen molar-refractivity contribution in [3.05, 3.63) is 54.6 Å². The minimum Gasteiger partial charge on any atom is -0.284 e. The van der Waals surface area contributed by atoms with Crippen molar-refractivity contribution in [3.8, 4) is 0 Å². The minimum atomic E-state index is -3.82. The van der Waals surface area contributed by atoms with Crippen LogP contribution in [-0.4, -0.2) is 26.9 Å². The highest BCUT2D eigenvalue weighted by Gasteiger charge is 2.37. The molecular formula is C15H13N3O4S. The molecule has 118 valence electrons. The Morgan fingerprint density at radius 1 is 0.870 bits per heavy atom. The van der Waals surface area contributed by atoms with Crippen LogP contribution >= 0.6 is 0 Å². The number of hydrogen-bond donors (Lipinski definition) is 1. The third-order valence-corrected chi connectivity index (χ3v) is 4.39. The van der Waals surface area contributed by atoms with Crippen molar-refractivity contribution in [2.24, 2.45) is 5.14 Å². The van der Waals surface area contributed by atoms with E-state index in [0.29, 0.717) is 11.4 Å². The van der Waals surface area contributed by atoms with E-state index in [1.54, 1.807) is 24.3 Å². The SMILES string of the molecule is NS(=O)(=O)c1ccc(N2C(=O)CN(c3ccccc3)C2=O)cc1. The number of sulfonamides is 1. The third kappa shape index (κ3) is 2.81. The van der Waals surface area contributed by atoms with Crippen LogP contribution in [0.25, 0.3) is 0 Å². The molecule has 0 bridgehead atoms. The molecule has 1 aliphatic rings. The highest BCUT2D eigenvalue weighted by molar-refractivity contribution is 7.89. The maximum absolute atomic E-state index is 12.5. The zero-order chi connectivity index (χ0) is 16.6. The number of nitrogens with two attached hydrogens (primary N) is 1. The Kier molecular flexibility index (Phi) is 3.63. The molecule has 2 N–H and O–H groups in total. The van der Waals surface area contributed by atoms with Crippen LogP contribution < -0.4 is 14.9 Å². The first-order valence-corrected chi connectivity index (χ1v) is 8.25. The molecule has 3 amide bonds. The largest absolute Gasteiger partial charge is 0.336 e. The van der Waals surface area contributed by atoms with Crippen molar-refractivity contribution in [2.45, 2.75) is 4.90 Å². The second-order valence-corrected chi connectivity index (χ2v) is 6.53. The summed E-state index contributed by atoms with van der Waals surface area (Å²) >= 11 is 0. The first kappa shape index (κ1) is 15.2. The molecule has 7 nitrogen and oxygen atoms in total. The molecule has 0 unspecified atom stereocenters. The molecule has 8 heteroatoms. The second-order valence-electron chi connectivity index (χ2n) is 4.97. The topological polar surface area (TPSA) is 101 Å². The van der Waals surface area contributed by atoms with Gasteiger partial charge in [-0.05, 0) is 36.4 Å². The third-order valence-electron chi connectivity index (χ3n) is 3.46. The number of rotatable bonds is 3. The van der Waals surface area contributed by atoms with E-state index < -0.39 is 16.1 Å². The normalized spacial score (nSPS) is 15.3. The van der Waals surface area contributed by atoms with Crippen molar-refractivity contribution in [1.82, 2.24) is 0 Å². The zero-order valence-electron chi connectivity index (χ0n) is 11.9. The summed E-state index contributed by atoms with van der Waals surface area (Å²) in [6, 6.07) is 13.6. The number of amides is 3. The van der Waals surface area contributed by atoms with Crippen molar-refractivity contribution < 1.29 is 18.0 Å². The molecule has 1 saturated heterocycles. The zero-order valence-corrected chi connectivity index (χ0v) is 12.7. The van der Waals surface area contributed by atoms with Gasteiger partial charge in [-0.1, -0.05) is 18.2 Å². The molecule has 0 saturated carbocycles. The van der Waals surface area contributed by atoms with Gasteiger partial charge in [-0.15, -0.1) is 0 Å². The van der Waals surface area contributed by atoms with E-state index >= 15 is 0 Å². The van der Waals surface area contributed by atoms with Gasteiger partial charge in [0.15, 0.2) is 0 Å². The fraction of sp³-hybridized carbons (Fsp3) is 0.0667. The van der Waals surface area contributed by atoms with Gasteiger partial charge in [-0.25, -0.2) is 23.3 Å². The Morgan fingerprint density at radius 3 is 2.04 bits per heavy atom. The van der Waals surface area contributed by atoms with E-state index in [1.165, 1.54) is 29.2 Å². The lowest BCUT2D eigenvalue weighted by molar-refractivity contribution is -0.115. The van der Waals surface area contributed by atoms with Gasteiger partial charge in [-0.3, -0.25) is 9.69 Å². The lowest BCUT2D eigenvalue weighted by atomic mass is 10.3. The van der Waals surface area contributed by atoms with Gasteiger partial charge in [0.2, 0.25) is 10.0 Å². The fourth-order valence-electron chi connectivity index (χ4n) is 2.35. The van der Waals surface area contributed by atoms with Crippen molar-refractivity contribution in [3.63, 3.8) is 0 Å². The van der Waals surface area contributed by atoms with Crippen LogP contribution in [0.2, 0.25) is 0 Å². The summed E-state index contributed by atoms with van der Waals surface area (Å²) in [5, 5.41) is 5.03. The molecule has 0 radical (unpaired) electrons. The molecule has 1 heterocycles. The molecule has 0 spiro atoms. The maximum atomic E-state index is 12.5. The lowest BCUT2D eigenvalue weighted by Crippen LogP contribution is -2.33. The molecule has 1 fully saturated rings. The Labute approximate surface area is 133 Å². The van der Waals surface area contributed by atoms with Gasteiger partial charge in [0, 0.05) is 5.69 Å². The summed E-state index contributed by atoms with van der Waals surface area (Å²) in [6.45, 7) is -0.0697. The van der Waals surface area contributed by atoms with Gasteiger partial charge >= 0.3 is 6.03 Å². The summed E-state index contributed by atoms with van der Waals surface area (Å²) in [6.07, 6.45) is 0. The standard InChI is InChI=1S/C15H13N3O4S/c16-23(21,22)13-8-6-12(7-9-13)18-14(19)10-17(15(18)20)11-4-2-1-3-5-11/h1-9H,10H2,(H2,16,21,22). The molecule has 1 aliphatic heterocycles. The number of benzene rings is 2. The van der Waals surface area contributed by atoms with E-state index in [0.717, 1.165) is 4.90 Å². The van der Waals surface area contributed by atoms with Gasteiger partial charge in [0.25, 0.3) is 5.91 Å². The van der Waals surface area contributed by atoms with E-state index in [4.69, 9.17) is 5.14 Å². The van der Waals surface area contributed by atoms with E-state index in [9.17, 15) is 18.0 Å². The Bertz CT molecular complexity index is 863. The van der Waals surface area contributed by atoms with Crippen LogP contribution in [0.15, 0.2) is 59.5 Å².